The summed E-state index contributed by atoms with van der Waals surface area (Å²) in [6, 6.07) is 7.94. The van der Waals surface area contributed by atoms with Crippen LogP contribution in [0, 0.1) is 0 Å². The normalized spacial score (nSPS) is 17.1. The predicted molar refractivity (Wildman–Crippen MR) is 109 cm³/mol. The molecule has 4 rings (SSSR count). The molecule has 1 saturated carbocycles. The number of nitrogens with zero attached hydrogens (tertiary/aromatic N) is 2. The second-order valence-corrected chi connectivity index (χ2v) is 7.41. The zero-order valence-corrected chi connectivity index (χ0v) is 17.6. The van der Waals surface area contributed by atoms with Gasteiger partial charge in [0.25, 0.3) is 5.79 Å². The number of rotatable bonds is 3. The van der Waals surface area contributed by atoms with Crippen LogP contribution in [0.25, 0.3) is 11.3 Å². The van der Waals surface area contributed by atoms with E-state index in [0.717, 1.165) is 36.6 Å². The molecule has 9 heteroatoms. The van der Waals surface area contributed by atoms with Crippen molar-refractivity contribution in [2.75, 3.05) is 7.11 Å². The molecule has 0 atom stereocenters. The van der Waals surface area contributed by atoms with Crippen molar-refractivity contribution in [1.82, 2.24) is 8.75 Å². The molecule has 2 aromatic rings. The van der Waals surface area contributed by atoms with E-state index in [1.807, 2.05) is 24.3 Å². The molecule has 0 unspecified atom stereocenters. The van der Waals surface area contributed by atoms with E-state index < -0.39 is 23.7 Å². The van der Waals surface area contributed by atoms with Crippen LogP contribution in [-0.4, -0.2) is 39.6 Å². The molecule has 158 valence electrons. The van der Waals surface area contributed by atoms with Crippen molar-refractivity contribution in [3.8, 4) is 11.3 Å². The first-order valence-electron chi connectivity index (χ1n) is 9.55. The van der Waals surface area contributed by atoms with Crippen LogP contribution in [0.15, 0.2) is 36.4 Å². The lowest BCUT2D eigenvalue weighted by Gasteiger charge is -2.32. The average Bonchev–Trinajstić information content (AvgIpc) is 3.42. The Labute approximate surface area is 178 Å². The maximum Gasteiger partial charge on any atom is 0.360 e. The lowest BCUT2D eigenvalue weighted by molar-refractivity contribution is -0.232. The summed E-state index contributed by atoms with van der Waals surface area (Å²) in [5, 5.41) is 0. The van der Waals surface area contributed by atoms with Gasteiger partial charge in [-0.3, -0.25) is 0 Å². The van der Waals surface area contributed by atoms with Gasteiger partial charge < -0.3 is 14.2 Å². The fourth-order valence-corrected chi connectivity index (χ4v) is 3.75. The Morgan fingerprint density at radius 2 is 1.73 bits per heavy atom. The van der Waals surface area contributed by atoms with Gasteiger partial charge in [0.1, 0.15) is 11.3 Å². The largest absolute Gasteiger partial charge is 0.464 e. The molecule has 0 amide bonds. The minimum Gasteiger partial charge on any atom is -0.464 e. The van der Waals surface area contributed by atoms with E-state index in [1.165, 1.54) is 12.7 Å². The van der Waals surface area contributed by atoms with Gasteiger partial charge in [-0.2, -0.15) is 8.75 Å². The van der Waals surface area contributed by atoms with Gasteiger partial charge in [-0.25, -0.2) is 14.4 Å². The molecule has 2 heterocycles. The summed E-state index contributed by atoms with van der Waals surface area (Å²) < 4.78 is 22.8. The zero-order chi connectivity index (χ0) is 21.7. The van der Waals surface area contributed by atoms with Gasteiger partial charge in [0, 0.05) is 18.4 Å². The molecular formula is C21H22N2O6S. The number of hydrogen-bond acceptors (Lipinski definition) is 9. The van der Waals surface area contributed by atoms with Crippen LogP contribution in [0.3, 0.4) is 0 Å². The summed E-state index contributed by atoms with van der Waals surface area (Å²) >= 11 is 1.01. The molecule has 8 nitrogen and oxygen atoms in total. The number of methoxy groups -OCH3 is 1. The van der Waals surface area contributed by atoms with Gasteiger partial charge in [0.05, 0.1) is 18.8 Å². The minimum atomic E-state index is -0.963. The molecule has 2 aliphatic rings. The molecule has 30 heavy (non-hydrogen) atoms. The minimum absolute atomic E-state index is 0.211. The van der Waals surface area contributed by atoms with Gasteiger partial charge in [0.15, 0.2) is 5.69 Å². The molecule has 0 radical (unpaired) electrons. The Morgan fingerprint density at radius 1 is 1.13 bits per heavy atom. The Bertz CT molecular complexity index is 938. The summed E-state index contributed by atoms with van der Waals surface area (Å²) in [5.74, 6) is -2.69. The third-order valence-corrected chi connectivity index (χ3v) is 5.45. The van der Waals surface area contributed by atoms with Crippen molar-refractivity contribution in [3.63, 3.8) is 0 Å². The van der Waals surface area contributed by atoms with Crippen LogP contribution in [0.5, 0.6) is 0 Å². The highest BCUT2D eigenvalue weighted by Crippen LogP contribution is 2.37. The Kier molecular flexibility index (Phi) is 6.61. The summed E-state index contributed by atoms with van der Waals surface area (Å²) in [7, 11) is 1.34. The van der Waals surface area contributed by atoms with E-state index in [-0.39, 0.29) is 11.3 Å². The van der Waals surface area contributed by atoms with E-state index in [0.29, 0.717) is 18.5 Å². The topological polar surface area (TPSA) is 105 Å². The molecule has 1 aromatic heterocycles. The van der Waals surface area contributed by atoms with E-state index in [9.17, 15) is 14.4 Å². The third-order valence-electron chi connectivity index (χ3n) is 4.92. The summed E-state index contributed by atoms with van der Waals surface area (Å²) in [4.78, 5) is 33.8. The molecule has 1 aromatic carbocycles. The van der Waals surface area contributed by atoms with Crippen LogP contribution in [0.4, 0.5) is 0 Å². The lowest BCUT2D eigenvalue weighted by atomic mass is 10.1. The third kappa shape index (κ3) is 4.56. The summed E-state index contributed by atoms with van der Waals surface area (Å²) in [6.07, 6.45) is 4.05. The molecule has 1 spiro atoms. The Hall–Kier alpha value is -3.07. The van der Waals surface area contributed by atoms with Crippen molar-refractivity contribution in [1.29, 1.82) is 0 Å². The number of ether oxygens (including phenoxy) is 3. The van der Waals surface area contributed by atoms with Gasteiger partial charge in [-0.1, -0.05) is 37.8 Å². The van der Waals surface area contributed by atoms with Crippen LogP contribution in [0.1, 0.15) is 48.7 Å². The van der Waals surface area contributed by atoms with Crippen molar-refractivity contribution in [3.05, 3.63) is 47.7 Å². The highest BCUT2D eigenvalue weighted by atomic mass is 32.1. The fraction of sp³-hybridized carbons (Fsp3) is 0.381. The van der Waals surface area contributed by atoms with E-state index in [4.69, 9.17) is 9.47 Å². The van der Waals surface area contributed by atoms with Gasteiger partial charge >= 0.3 is 17.9 Å². The summed E-state index contributed by atoms with van der Waals surface area (Å²) in [6.45, 7) is 5.38. The van der Waals surface area contributed by atoms with Gasteiger partial charge in [-0.15, -0.1) is 0 Å². The summed E-state index contributed by atoms with van der Waals surface area (Å²) in [5.41, 5.74) is 2.79. The number of carbonyl (C=O) groups excluding carboxylic acids is 3. The van der Waals surface area contributed by atoms with Crippen LogP contribution in [-0.2, 0) is 30.2 Å². The lowest BCUT2D eigenvalue weighted by Crippen LogP contribution is -2.44. The molecule has 1 aliphatic carbocycles. The Morgan fingerprint density at radius 3 is 2.27 bits per heavy atom. The van der Waals surface area contributed by atoms with Crippen LogP contribution in [0.2, 0.25) is 0 Å². The molecule has 1 saturated heterocycles. The molecule has 0 N–H and O–H groups in total. The number of aromatic nitrogens is 2. The monoisotopic (exact) mass is 430 g/mol. The van der Waals surface area contributed by atoms with Gasteiger partial charge in [0.2, 0.25) is 0 Å². The maximum atomic E-state index is 11.5. The second-order valence-electron chi connectivity index (χ2n) is 6.88. The number of esters is 3. The molecule has 0 bridgehead atoms. The highest BCUT2D eigenvalue weighted by Gasteiger charge is 2.47. The number of aryl methyl sites for hydroxylation is 1. The van der Waals surface area contributed by atoms with Crippen LogP contribution >= 0.6 is 11.7 Å². The van der Waals surface area contributed by atoms with Gasteiger partial charge in [-0.05, 0) is 24.8 Å². The first-order valence-corrected chi connectivity index (χ1v) is 10.3. The predicted octanol–water partition coefficient (Wildman–Crippen LogP) is 3.47. The van der Waals surface area contributed by atoms with E-state index in [1.54, 1.807) is 0 Å². The quantitative estimate of drug-likeness (QED) is 0.414. The Balaban J connectivity index is 0.000000177. The number of hydrogen-bond donors (Lipinski definition) is 0. The van der Waals surface area contributed by atoms with Crippen molar-refractivity contribution >= 4 is 29.6 Å². The highest BCUT2D eigenvalue weighted by molar-refractivity contribution is 6.99. The zero-order valence-electron chi connectivity index (χ0n) is 16.8. The van der Waals surface area contributed by atoms with Crippen LogP contribution < -0.4 is 0 Å². The van der Waals surface area contributed by atoms with Crippen molar-refractivity contribution in [2.45, 2.75) is 44.8 Å². The maximum absolute atomic E-state index is 11.5. The average molecular weight is 430 g/mol. The van der Waals surface area contributed by atoms with Crippen molar-refractivity contribution < 1.29 is 28.6 Å². The van der Waals surface area contributed by atoms with E-state index >= 15 is 0 Å². The smallest absolute Gasteiger partial charge is 0.360 e. The molecule has 2 fully saturated rings. The second kappa shape index (κ2) is 9.17. The molecule has 1 aliphatic heterocycles. The number of carbonyl (C=O) groups is 3. The van der Waals surface area contributed by atoms with Crippen molar-refractivity contribution in [2.24, 2.45) is 0 Å². The number of benzene rings is 1. The first kappa shape index (κ1) is 21.6. The molecular weight excluding hydrogens is 408 g/mol. The first-order chi connectivity index (χ1) is 14.4. The fourth-order valence-electron chi connectivity index (χ4n) is 3.19. The van der Waals surface area contributed by atoms with E-state index in [2.05, 4.69) is 27.0 Å². The standard InChI is InChI=1S/C12H12N2O2S.C9H10O4/c1-3-8-4-6-9(7-5-8)10-11(12(15)16-2)14-17-13-10;1-6-7(10)12-9(13-8(6)11)4-2-3-5-9/h4-7H,3H2,1-2H3;1-5H2. The SMILES string of the molecule is C=C1C(=O)OC2(CCCC2)OC1=O.CCc1ccc(-c2nsnc2C(=O)OC)cc1.